The lowest BCUT2D eigenvalue weighted by Crippen LogP contribution is -2.51. The minimum Gasteiger partial charge on any atom is -0.366 e. The van der Waals surface area contributed by atoms with Crippen LogP contribution in [0, 0.1) is 0 Å². The first kappa shape index (κ1) is 25.7. The molecule has 3 amide bonds. The number of nitrogens with two attached hydrogens (primary N) is 1. The standard InChI is InChI=1S/C23H31N9O3S/c1-15(3-5-19-18(21(24)33)4-6-20(25-19)22-26-29-30-27-22)31-10-7-17(8-11-31)32(23(34)28-35-2)13-16-9-12-36-14-16/h4,6,9,12,14-15,17H,3,5,7-8,10-11,13H2,1-2H3,(H2,24,33)(H,28,34)(H,26,27,29,30)/t15-/m1/s1. The molecule has 0 aliphatic carbocycles. The number of likely N-dealkylation sites (tertiary alicyclic amines) is 1. The molecule has 4 heterocycles. The summed E-state index contributed by atoms with van der Waals surface area (Å²) in [6, 6.07) is 5.54. The molecule has 3 aromatic rings. The monoisotopic (exact) mass is 513 g/mol. The summed E-state index contributed by atoms with van der Waals surface area (Å²) in [5.41, 5.74) is 10.7. The molecule has 4 rings (SSSR count). The van der Waals surface area contributed by atoms with Crippen molar-refractivity contribution < 1.29 is 14.4 Å². The fourth-order valence-electron chi connectivity index (χ4n) is 4.57. The minimum absolute atomic E-state index is 0.123. The number of aromatic nitrogens is 5. The van der Waals surface area contributed by atoms with Crippen molar-refractivity contribution in [2.24, 2.45) is 5.73 Å². The Morgan fingerprint density at radius 2 is 2.14 bits per heavy atom. The zero-order valence-electron chi connectivity index (χ0n) is 20.4. The number of thiophene rings is 1. The van der Waals surface area contributed by atoms with Crippen LogP contribution in [0.25, 0.3) is 11.5 Å². The second kappa shape index (κ2) is 12.0. The topological polar surface area (TPSA) is 155 Å². The Morgan fingerprint density at radius 3 is 2.78 bits per heavy atom. The van der Waals surface area contributed by atoms with Crippen molar-refractivity contribution in [1.29, 1.82) is 0 Å². The van der Waals surface area contributed by atoms with E-state index in [-0.39, 0.29) is 18.1 Å². The summed E-state index contributed by atoms with van der Waals surface area (Å²) in [6.07, 6.45) is 3.12. The van der Waals surface area contributed by atoms with Crippen LogP contribution >= 0.6 is 11.3 Å². The van der Waals surface area contributed by atoms with Gasteiger partial charge in [-0.05, 0) is 72.3 Å². The molecule has 0 spiro atoms. The van der Waals surface area contributed by atoms with Crippen LogP contribution in [0.1, 0.15) is 47.8 Å². The number of aryl methyl sites for hydroxylation is 1. The van der Waals surface area contributed by atoms with E-state index in [1.54, 1.807) is 23.5 Å². The normalized spacial score (nSPS) is 15.5. The van der Waals surface area contributed by atoms with Gasteiger partial charge in [-0.1, -0.05) is 0 Å². The number of tetrazole rings is 1. The number of urea groups is 1. The van der Waals surface area contributed by atoms with Crippen LogP contribution < -0.4 is 11.2 Å². The van der Waals surface area contributed by atoms with Crippen molar-refractivity contribution in [1.82, 2.24) is 40.9 Å². The molecule has 0 bridgehead atoms. The second-order valence-electron chi connectivity index (χ2n) is 8.82. The molecule has 36 heavy (non-hydrogen) atoms. The van der Waals surface area contributed by atoms with Crippen molar-refractivity contribution in [3.8, 4) is 11.5 Å². The molecule has 0 radical (unpaired) electrons. The zero-order chi connectivity index (χ0) is 25.5. The van der Waals surface area contributed by atoms with E-state index in [4.69, 9.17) is 10.6 Å². The number of nitrogens with zero attached hydrogens (tertiary/aromatic N) is 6. The molecule has 0 unspecified atom stereocenters. The van der Waals surface area contributed by atoms with Gasteiger partial charge < -0.3 is 15.5 Å². The summed E-state index contributed by atoms with van der Waals surface area (Å²) in [7, 11) is 1.45. The Kier molecular flexibility index (Phi) is 8.57. The van der Waals surface area contributed by atoms with Gasteiger partial charge >= 0.3 is 6.03 Å². The van der Waals surface area contributed by atoms with Gasteiger partial charge in [0.2, 0.25) is 5.82 Å². The molecule has 4 N–H and O–H groups in total. The van der Waals surface area contributed by atoms with Crippen molar-refractivity contribution in [2.45, 2.75) is 51.2 Å². The lowest BCUT2D eigenvalue weighted by Gasteiger charge is -2.40. The Hall–Kier alpha value is -3.42. The number of aromatic amines is 1. The van der Waals surface area contributed by atoms with Gasteiger partial charge in [0.1, 0.15) is 5.69 Å². The van der Waals surface area contributed by atoms with E-state index in [0.717, 1.165) is 37.9 Å². The first-order chi connectivity index (χ1) is 17.5. The number of hydrogen-bond donors (Lipinski definition) is 3. The molecule has 12 nitrogen and oxygen atoms in total. The number of nitrogens with one attached hydrogen (secondary N) is 2. The number of rotatable bonds is 10. The number of amides is 3. The maximum Gasteiger partial charge on any atom is 0.341 e. The SMILES string of the molecule is CONC(=O)N(Cc1ccsc1)C1CCN([C@H](C)CCc2nc(-c3nn[nH]n3)ccc2C(N)=O)CC1. The van der Waals surface area contributed by atoms with Gasteiger partial charge in [-0.3, -0.25) is 9.63 Å². The Morgan fingerprint density at radius 1 is 1.33 bits per heavy atom. The van der Waals surface area contributed by atoms with Crippen LogP contribution in [-0.4, -0.2) is 79.6 Å². The molecule has 3 aromatic heterocycles. The molecule has 192 valence electrons. The number of carbonyl (C=O) groups is 2. The lowest BCUT2D eigenvalue weighted by atomic mass is 9.99. The average Bonchev–Trinajstić information content (AvgIpc) is 3.60. The number of hydrogen-bond acceptors (Lipinski definition) is 9. The van der Waals surface area contributed by atoms with E-state index in [1.165, 1.54) is 7.11 Å². The van der Waals surface area contributed by atoms with E-state index < -0.39 is 5.91 Å². The molecule has 1 aliphatic rings. The van der Waals surface area contributed by atoms with E-state index in [9.17, 15) is 9.59 Å². The van der Waals surface area contributed by atoms with Crippen molar-refractivity contribution in [3.63, 3.8) is 0 Å². The maximum atomic E-state index is 12.7. The van der Waals surface area contributed by atoms with Crippen molar-refractivity contribution in [2.75, 3.05) is 20.2 Å². The largest absolute Gasteiger partial charge is 0.366 e. The maximum absolute atomic E-state index is 12.7. The third-order valence-corrected chi connectivity index (χ3v) is 7.29. The van der Waals surface area contributed by atoms with E-state index in [1.807, 2.05) is 16.3 Å². The smallest absolute Gasteiger partial charge is 0.341 e. The van der Waals surface area contributed by atoms with Gasteiger partial charge in [-0.15, -0.1) is 10.2 Å². The molecule has 1 atom stereocenters. The summed E-state index contributed by atoms with van der Waals surface area (Å²) in [5.74, 6) is -0.141. The van der Waals surface area contributed by atoms with Crippen LogP contribution in [0.3, 0.4) is 0 Å². The molecule has 13 heteroatoms. The zero-order valence-corrected chi connectivity index (χ0v) is 21.2. The van der Waals surface area contributed by atoms with Gasteiger partial charge in [-0.2, -0.15) is 16.6 Å². The number of hydroxylamine groups is 1. The lowest BCUT2D eigenvalue weighted by molar-refractivity contribution is 0.0565. The van der Waals surface area contributed by atoms with Crippen LogP contribution in [0.5, 0.6) is 0 Å². The fraction of sp³-hybridized carbons (Fsp3) is 0.478. The van der Waals surface area contributed by atoms with Crippen molar-refractivity contribution in [3.05, 3.63) is 45.8 Å². The summed E-state index contributed by atoms with van der Waals surface area (Å²) < 4.78 is 0. The molecule has 0 aromatic carbocycles. The van der Waals surface area contributed by atoms with Gasteiger partial charge in [0.15, 0.2) is 0 Å². The fourth-order valence-corrected chi connectivity index (χ4v) is 5.23. The first-order valence-electron chi connectivity index (χ1n) is 11.8. The molecular formula is C23H31N9O3S. The van der Waals surface area contributed by atoms with Gasteiger partial charge in [-0.25, -0.2) is 15.3 Å². The minimum atomic E-state index is -0.509. The first-order valence-corrected chi connectivity index (χ1v) is 12.8. The highest BCUT2D eigenvalue weighted by molar-refractivity contribution is 7.07. The van der Waals surface area contributed by atoms with E-state index >= 15 is 0 Å². The predicted octanol–water partition coefficient (Wildman–Crippen LogP) is 1.98. The van der Waals surface area contributed by atoms with Crippen LogP contribution in [0.2, 0.25) is 0 Å². The molecule has 1 fully saturated rings. The third-order valence-electron chi connectivity index (χ3n) is 6.56. The van der Waals surface area contributed by atoms with Crippen LogP contribution in [0.4, 0.5) is 4.79 Å². The number of pyridine rings is 1. The van der Waals surface area contributed by atoms with E-state index in [0.29, 0.717) is 35.7 Å². The molecule has 1 aliphatic heterocycles. The molecule has 0 saturated carbocycles. The van der Waals surface area contributed by atoms with Crippen LogP contribution in [-0.2, 0) is 17.8 Å². The molecule has 1 saturated heterocycles. The van der Waals surface area contributed by atoms with Gasteiger partial charge in [0.05, 0.1) is 18.4 Å². The van der Waals surface area contributed by atoms with Gasteiger partial charge in [0.25, 0.3) is 5.91 Å². The Bertz CT molecular complexity index is 1130. The Labute approximate surface area is 213 Å². The summed E-state index contributed by atoms with van der Waals surface area (Å²) >= 11 is 1.62. The van der Waals surface area contributed by atoms with Crippen molar-refractivity contribution >= 4 is 23.3 Å². The Balaban J connectivity index is 1.36. The highest BCUT2D eigenvalue weighted by Gasteiger charge is 2.30. The number of H-pyrrole nitrogens is 1. The number of carbonyl (C=O) groups excluding carboxylic acids is 2. The molecular weight excluding hydrogens is 482 g/mol. The highest BCUT2D eigenvalue weighted by Crippen LogP contribution is 2.23. The summed E-state index contributed by atoms with van der Waals surface area (Å²) in [5, 5.41) is 18.0. The average molecular weight is 514 g/mol. The third kappa shape index (κ3) is 6.22. The summed E-state index contributed by atoms with van der Waals surface area (Å²) in [4.78, 5) is 38.4. The quantitative estimate of drug-likeness (QED) is 0.348. The van der Waals surface area contributed by atoms with E-state index in [2.05, 4.69) is 48.3 Å². The predicted molar refractivity (Wildman–Crippen MR) is 134 cm³/mol. The number of piperidine rings is 1. The van der Waals surface area contributed by atoms with Crippen LogP contribution in [0.15, 0.2) is 29.0 Å². The second-order valence-corrected chi connectivity index (χ2v) is 9.60. The highest BCUT2D eigenvalue weighted by atomic mass is 32.1. The number of primary amides is 1. The summed E-state index contributed by atoms with van der Waals surface area (Å²) in [6.45, 7) is 4.46. The van der Waals surface area contributed by atoms with Gasteiger partial charge in [0, 0.05) is 31.7 Å².